The van der Waals surface area contributed by atoms with Crippen molar-refractivity contribution in [2.75, 3.05) is 0 Å². The summed E-state index contributed by atoms with van der Waals surface area (Å²) in [6.07, 6.45) is 30.3. The molecule has 4 unspecified atom stereocenters. The lowest BCUT2D eigenvalue weighted by molar-refractivity contribution is -0.162. The van der Waals surface area contributed by atoms with Gasteiger partial charge in [0.1, 0.15) is 6.10 Å². The molecule has 0 amide bonds. The van der Waals surface area contributed by atoms with Crippen LogP contribution < -0.4 is 0 Å². The molecule has 8 atom stereocenters. The topological polar surface area (TPSA) is 43.4 Å². The number of fused-ring (bicyclic) bond motifs is 5. The maximum atomic E-state index is 12.9. The van der Waals surface area contributed by atoms with Crippen LogP contribution in [0.5, 0.6) is 0 Å². The van der Waals surface area contributed by atoms with Gasteiger partial charge in [0.25, 0.3) is 0 Å². The number of carbonyl (C=O) groups is 2. The summed E-state index contributed by atoms with van der Waals surface area (Å²) in [6.45, 7) is 9.60. The molecule has 41 heavy (non-hydrogen) atoms. The Labute approximate surface area is 252 Å². The second kappa shape index (κ2) is 15.9. The summed E-state index contributed by atoms with van der Waals surface area (Å²) in [5.41, 5.74) is 1.56. The summed E-state index contributed by atoms with van der Waals surface area (Å²) >= 11 is 0. The van der Waals surface area contributed by atoms with Gasteiger partial charge < -0.3 is 4.74 Å². The van der Waals surface area contributed by atoms with E-state index in [-0.39, 0.29) is 17.5 Å². The Bertz CT molecular complexity index is 901. The van der Waals surface area contributed by atoms with Crippen molar-refractivity contribution >= 4 is 11.8 Å². The van der Waals surface area contributed by atoms with Crippen LogP contribution in [0.15, 0.2) is 23.8 Å². The van der Waals surface area contributed by atoms with Crippen LogP contribution in [0.1, 0.15) is 156 Å². The molecule has 0 aromatic rings. The molecule has 4 rings (SSSR count). The Kier molecular flexibility index (Phi) is 12.6. The average molecular weight is 567 g/mol. The van der Waals surface area contributed by atoms with Crippen molar-refractivity contribution in [3.8, 4) is 0 Å². The normalized spacial score (nSPS) is 34.7. The third-order valence-corrected chi connectivity index (χ3v) is 11.8. The number of ketones is 1. The summed E-state index contributed by atoms with van der Waals surface area (Å²) in [4.78, 5) is 25.1. The molecule has 0 spiro atoms. The zero-order valence-corrected chi connectivity index (χ0v) is 27.1. The predicted octanol–water partition coefficient (Wildman–Crippen LogP) is 10.6. The number of allylic oxidation sites excluding steroid dienone is 3. The Hall–Kier alpha value is -1.38. The van der Waals surface area contributed by atoms with Crippen LogP contribution in [0.3, 0.4) is 0 Å². The molecule has 232 valence electrons. The van der Waals surface area contributed by atoms with Gasteiger partial charge in [-0.25, -0.2) is 0 Å². The lowest BCUT2D eigenvalue weighted by Gasteiger charge is -2.58. The molecule has 3 fully saturated rings. The van der Waals surface area contributed by atoms with Gasteiger partial charge >= 0.3 is 5.97 Å². The van der Waals surface area contributed by atoms with Crippen LogP contribution in [0.2, 0.25) is 0 Å². The van der Waals surface area contributed by atoms with E-state index in [1.54, 1.807) is 0 Å². The lowest BCUT2D eigenvalue weighted by atomic mass is 9.47. The third-order valence-electron chi connectivity index (χ3n) is 11.8. The van der Waals surface area contributed by atoms with Crippen LogP contribution in [0.4, 0.5) is 0 Å². The predicted molar refractivity (Wildman–Crippen MR) is 171 cm³/mol. The summed E-state index contributed by atoms with van der Waals surface area (Å²) in [5, 5.41) is 0. The number of ether oxygens (including phenoxy) is 1. The molecular formula is C38H62O3. The number of hydrogen-bond donors (Lipinski definition) is 0. The average Bonchev–Trinajstić information content (AvgIpc) is 3.25. The molecular weight excluding hydrogens is 504 g/mol. The molecule has 0 aromatic heterocycles. The summed E-state index contributed by atoms with van der Waals surface area (Å²) < 4.78 is 6.28. The molecule has 0 saturated heterocycles. The van der Waals surface area contributed by atoms with E-state index in [9.17, 15) is 9.59 Å². The minimum absolute atomic E-state index is 0.0389. The number of esters is 1. The molecule has 0 aromatic carbocycles. The van der Waals surface area contributed by atoms with Gasteiger partial charge in [-0.05, 0) is 106 Å². The van der Waals surface area contributed by atoms with Gasteiger partial charge in [0.15, 0.2) is 5.78 Å². The monoisotopic (exact) mass is 566 g/mol. The summed E-state index contributed by atoms with van der Waals surface area (Å²) in [6, 6.07) is 0. The maximum absolute atomic E-state index is 12.9. The van der Waals surface area contributed by atoms with E-state index in [1.807, 2.05) is 6.08 Å². The highest BCUT2D eigenvalue weighted by molar-refractivity contribution is 5.91. The number of rotatable bonds is 16. The molecule has 3 saturated carbocycles. The molecule has 4 aliphatic rings. The molecule has 4 aliphatic carbocycles. The number of unbranched alkanes of at least 4 members (excludes halogenated alkanes) is 11. The van der Waals surface area contributed by atoms with E-state index in [1.165, 1.54) is 82.6 Å². The first kappa shape index (κ1) is 32.5. The molecule has 0 N–H and O–H groups in total. The fourth-order valence-corrected chi connectivity index (χ4v) is 9.84. The Morgan fingerprint density at radius 3 is 2.24 bits per heavy atom. The van der Waals surface area contributed by atoms with E-state index < -0.39 is 0 Å². The highest BCUT2D eigenvalue weighted by atomic mass is 16.5. The van der Waals surface area contributed by atoms with E-state index in [2.05, 4.69) is 39.8 Å². The lowest BCUT2D eigenvalue weighted by Crippen LogP contribution is -2.54. The third kappa shape index (κ3) is 8.38. The minimum atomic E-state index is 0.0389. The second-order valence-corrected chi connectivity index (χ2v) is 14.9. The van der Waals surface area contributed by atoms with Crippen LogP contribution in [-0.4, -0.2) is 17.9 Å². The number of hydrogen-bond acceptors (Lipinski definition) is 3. The van der Waals surface area contributed by atoms with E-state index >= 15 is 0 Å². The van der Waals surface area contributed by atoms with Crippen molar-refractivity contribution in [2.24, 2.45) is 40.9 Å². The summed E-state index contributed by atoms with van der Waals surface area (Å²) in [5.74, 6) is 4.27. The highest BCUT2D eigenvalue weighted by Crippen LogP contribution is 2.65. The minimum Gasteiger partial charge on any atom is -0.462 e. The molecule has 0 radical (unpaired) electrons. The molecule has 3 heteroatoms. The van der Waals surface area contributed by atoms with Gasteiger partial charge in [-0.1, -0.05) is 96.8 Å². The van der Waals surface area contributed by atoms with Crippen molar-refractivity contribution in [2.45, 2.75) is 162 Å². The second-order valence-electron chi connectivity index (χ2n) is 14.9. The number of carbonyl (C=O) groups excluding carboxylic acids is 2. The maximum Gasteiger partial charge on any atom is 0.306 e. The van der Waals surface area contributed by atoms with Crippen LogP contribution >= 0.6 is 0 Å². The zero-order valence-electron chi connectivity index (χ0n) is 27.1. The largest absolute Gasteiger partial charge is 0.462 e. The molecule has 0 heterocycles. The van der Waals surface area contributed by atoms with Crippen molar-refractivity contribution in [3.63, 3.8) is 0 Å². The first-order valence-corrected chi connectivity index (χ1v) is 17.9. The smallest absolute Gasteiger partial charge is 0.306 e. The van der Waals surface area contributed by atoms with Gasteiger partial charge in [0.2, 0.25) is 0 Å². The van der Waals surface area contributed by atoms with Gasteiger partial charge in [-0.2, -0.15) is 0 Å². The van der Waals surface area contributed by atoms with Gasteiger partial charge in [-0.15, -0.1) is 0 Å². The molecule has 0 aliphatic heterocycles. The Morgan fingerprint density at radius 2 is 1.54 bits per heavy atom. The fourth-order valence-electron chi connectivity index (χ4n) is 9.84. The quantitative estimate of drug-likeness (QED) is 0.106. The molecule has 0 bridgehead atoms. The van der Waals surface area contributed by atoms with Crippen LogP contribution in [0, 0.1) is 40.9 Å². The first-order valence-electron chi connectivity index (χ1n) is 17.9. The van der Waals surface area contributed by atoms with Crippen LogP contribution in [-0.2, 0) is 14.3 Å². The SMILES string of the molecule is CCCCCCCC/C=C\CCCCCCCC(=O)O[C@H]1CCC2C3C(C4CCC(=O)C=C4C[C@H]3C)[C@@H](C)C[C@@]21C. The van der Waals surface area contributed by atoms with Gasteiger partial charge in [0, 0.05) is 18.3 Å². The van der Waals surface area contributed by atoms with Crippen molar-refractivity contribution in [1.29, 1.82) is 0 Å². The van der Waals surface area contributed by atoms with Crippen molar-refractivity contribution in [3.05, 3.63) is 23.8 Å². The fraction of sp³-hybridized carbons (Fsp3) is 0.842. The molecule has 3 nitrogen and oxygen atoms in total. The van der Waals surface area contributed by atoms with Gasteiger partial charge in [0.05, 0.1) is 0 Å². The summed E-state index contributed by atoms with van der Waals surface area (Å²) in [7, 11) is 0. The van der Waals surface area contributed by atoms with E-state index in [0.717, 1.165) is 44.9 Å². The van der Waals surface area contributed by atoms with Crippen molar-refractivity contribution < 1.29 is 14.3 Å². The van der Waals surface area contributed by atoms with Crippen LogP contribution in [0.25, 0.3) is 0 Å². The Morgan fingerprint density at radius 1 is 0.878 bits per heavy atom. The Balaban J connectivity index is 1.12. The van der Waals surface area contributed by atoms with Crippen molar-refractivity contribution in [1.82, 2.24) is 0 Å². The first-order chi connectivity index (χ1) is 19.8. The zero-order chi connectivity index (χ0) is 29.2. The van der Waals surface area contributed by atoms with Gasteiger partial charge in [-0.3, -0.25) is 9.59 Å². The standard InChI is InChI=1S/C38H62O3/c1-5-6-7-8-9-10-11-12-13-14-15-16-17-18-19-20-35(40)41-34-24-23-33-37-28(2)25-30-26-31(39)21-22-32(30)36(37)29(3)27-38(33,34)4/h12-13,26,28-29,32-34,36-37H,5-11,14-25,27H2,1-4H3/b13-12-/t28-,29+,32?,33?,34+,36?,37?,38+/m1/s1. The van der Waals surface area contributed by atoms with E-state index in [4.69, 9.17) is 4.74 Å². The highest BCUT2D eigenvalue weighted by Gasteiger charge is 2.60. The van der Waals surface area contributed by atoms with E-state index in [0.29, 0.717) is 47.7 Å².